The van der Waals surface area contributed by atoms with E-state index in [1.165, 1.54) is 30.3 Å². The fraction of sp³-hybridized carbons (Fsp3) is 0.121. The minimum Gasteiger partial charge on any atom is -0.452 e. The summed E-state index contributed by atoms with van der Waals surface area (Å²) < 4.78 is 46.9. The number of benzene rings is 3. The quantitative estimate of drug-likeness (QED) is 0.136. The predicted octanol–water partition coefficient (Wildman–Crippen LogP) is 7.17. The Morgan fingerprint density at radius 2 is 1.73 bits per heavy atom. The summed E-state index contributed by atoms with van der Waals surface area (Å²) in [5.74, 6) is -2.75. The van der Waals surface area contributed by atoms with Gasteiger partial charge in [-0.15, -0.1) is 0 Å². The summed E-state index contributed by atoms with van der Waals surface area (Å²) in [5.41, 5.74) is 0.947. The number of rotatable bonds is 9. The lowest BCUT2D eigenvalue weighted by Gasteiger charge is -2.24. The lowest BCUT2D eigenvalue weighted by atomic mass is 10.1. The number of aryl methyl sites for hydroxylation is 1. The zero-order chi connectivity index (χ0) is 34.4. The Hall–Kier alpha value is -5.40. The summed E-state index contributed by atoms with van der Waals surface area (Å²) in [6.07, 6.45) is 1.31. The topological polar surface area (TPSA) is 134 Å². The smallest absolute Gasteiger partial charge is 0.418 e. The van der Waals surface area contributed by atoms with Gasteiger partial charge in [-0.05, 0) is 73.2 Å². The first-order valence-electron chi connectivity index (χ1n) is 14.1. The van der Waals surface area contributed by atoms with Crippen LogP contribution in [0.5, 0.6) is 0 Å². The number of anilines is 3. The Balaban J connectivity index is 1.25. The van der Waals surface area contributed by atoms with Crippen molar-refractivity contribution in [2.75, 3.05) is 22.6 Å². The van der Waals surface area contributed by atoms with Crippen molar-refractivity contribution in [2.45, 2.75) is 19.4 Å². The van der Waals surface area contributed by atoms with Gasteiger partial charge in [0.2, 0.25) is 0 Å². The Labute approximate surface area is 282 Å². The number of hydrogen-bond acceptors (Lipinski definition) is 8. The second kappa shape index (κ2) is 14.6. The summed E-state index contributed by atoms with van der Waals surface area (Å²) in [5, 5.41) is 11.0. The first-order valence-corrected chi connectivity index (χ1v) is 14.9. The highest BCUT2D eigenvalue weighted by molar-refractivity contribution is 6.39. The molecule has 10 nitrogen and oxygen atoms in total. The molecule has 5 rings (SSSR count). The van der Waals surface area contributed by atoms with E-state index in [0.717, 1.165) is 22.9 Å². The Bertz CT molecular complexity index is 1920. The van der Waals surface area contributed by atoms with E-state index in [1.807, 2.05) is 13.0 Å². The van der Waals surface area contributed by atoms with Crippen molar-refractivity contribution in [3.8, 4) is 0 Å². The van der Waals surface area contributed by atoms with Crippen molar-refractivity contribution < 1.29 is 32.3 Å². The number of hydrogen-bond donors (Lipinski definition) is 4. The molecule has 0 bridgehead atoms. The number of pyridine rings is 1. The van der Waals surface area contributed by atoms with Crippen LogP contribution in [0.25, 0.3) is 5.70 Å². The Morgan fingerprint density at radius 3 is 2.44 bits per heavy atom. The van der Waals surface area contributed by atoms with Crippen LogP contribution in [0.15, 0.2) is 90.2 Å². The molecule has 1 unspecified atom stereocenters. The van der Waals surface area contributed by atoms with Gasteiger partial charge in [0.1, 0.15) is 0 Å². The van der Waals surface area contributed by atoms with Crippen molar-refractivity contribution in [3.05, 3.63) is 123 Å². The molecule has 1 aliphatic rings. The summed E-state index contributed by atoms with van der Waals surface area (Å²) in [6, 6.07) is 15.6. The number of carbonyl (C=O) groups is 3. The number of esters is 1. The standard InChI is InChI=1S/C33H25Cl2F3N6O4/c1-18-7-8-19(14-27(18)44-32-40-13-11-25(43-32)20-4-3-12-39-16-20)30(46)41-21-9-10-26(22(15-21)33(36,37)38)42-28(45)17-48-31(47)29-23(34)5-2-6-24(29)35/h2-16,32,43-44H,17H2,1H3,(H,41,46)(H,42,45). The number of aromatic nitrogens is 1. The van der Waals surface area contributed by atoms with Gasteiger partial charge in [0, 0.05) is 46.8 Å². The third-order valence-corrected chi connectivity index (χ3v) is 7.52. The van der Waals surface area contributed by atoms with E-state index in [9.17, 15) is 27.6 Å². The molecule has 3 aromatic carbocycles. The van der Waals surface area contributed by atoms with Gasteiger partial charge in [0.25, 0.3) is 11.8 Å². The van der Waals surface area contributed by atoms with E-state index in [4.69, 9.17) is 27.9 Å². The second-order valence-corrected chi connectivity index (χ2v) is 11.1. The van der Waals surface area contributed by atoms with E-state index in [0.29, 0.717) is 11.8 Å². The molecule has 2 heterocycles. The third kappa shape index (κ3) is 8.30. The molecule has 0 spiro atoms. The molecule has 246 valence electrons. The Kier molecular flexibility index (Phi) is 10.3. The summed E-state index contributed by atoms with van der Waals surface area (Å²) in [6.45, 7) is 0.909. The summed E-state index contributed by atoms with van der Waals surface area (Å²) in [7, 11) is 0. The molecule has 2 amide bonds. The fourth-order valence-electron chi connectivity index (χ4n) is 4.53. The monoisotopic (exact) mass is 696 g/mol. The molecule has 4 N–H and O–H groups in total. The first-order chi connectivity index (χ1) is 22.9. The Morgan fingerprint density at radius 1 is 0.958 bits per heavy atom. The van der Waals surface area contributed by atoms with E-state index in [2.05, 4.69) is 31.2 Å². The van der Waals surface area contributed by atoms with Crippen LogP contribution >= 0.6 is 23.2 Å². The van der Waals surface area contributed by atoms with Crippen molar-refractivity contribution >= 4 is 70.0 Å². The molecule has 0 saturated carbocycles. The largest absolute Gasteiger partial charge is 0.452 e. The summed E-state index contributed by atoms with van der Waals surface area (Å²) in [4.78, 5) is 46.4. The number of carbonyl (C=O) groups excluding carboxylic acids is 3. The molecule has 0 radical (unpaired) electrons. The van der Waals surface area contributed by atoms with Gasteiger partial charge in [-0.2, -0.15) is 13.2 Å². The molecular formula is C33H25Cl2F3N6O4. The van der Waals surface area contributed by atoms with Gasteiger partial charge in [-0.1, -0.05) is 35.3 Å². The number of halogens is 5. The van der Waals surface area contributed by atoms with Crippen LogP contribution in [0.4, 0.5) is 30.2 Å². The number of nitrogens with one attached hydrogen (secondary N) is 4. The normalized spacial score (nSPS) is 14.0. The number of amides is 2. The molecule has 1 aliphatic heterocycles. The second-order valence-electron chi connectivity index (χ2n) is 10.3. The molecule has 1 aromatic heterocycles. The summed E-state index contributed by atoms with van der Waals surface area (Å²) >= 11 is 11.9. The van der Waals surface area contributed by atoms with Gasteiger partial charge in [0.15, 0.2) is 12.9 Å². The molecule has 4 aromatic rings. The van der Waals surface area contributed by atoms with Gasteiger partial charge in [0.05, 0.1) is 26.9 Å². The van der Waals surface area contributed by atoms with Gasteiger partial charge in [-0.3, -0.25) is 14.6 Å². The molecule has 0 saturated heterocycles. The van der Waals surface area contributed by atoms with Gasteiger partial charge < -0.3 is 26.0 Å². The van der Waals surface area contributed by atoms with Crippen molar-refractivity contribution in [1.82, 2.24) is 10.3 Å². The number of ether oxygens (including phenoxy) is 1. The van der Waals surface area contributed by atoms with Crippen LogP contribution in [0.1, 0.15) is 37.4 Å². The van der Waals surface area contributed by atoms with Crippen LogP contribution < -0.4 is 21.3 Å². The molecule has 0 aliphatic carbocycles. The van der Waals surface area contributed by atoms with Crippen LogP contribution in [0, 0.1) is 6.92 Å². The first kappa shape index (κ1) is 33.9. The van der Waals surface area contributed by atoms with Gasteiger partial charge in [-0.25, -0.2) is 9.79 Å². The van der Waals surface area contributed by atoms with Crippen LogP contribution in [-0.4, -0.2) is 41.9 Å². The lowest BCUT2D eigenvalue weighted by molar-refractivity contribution is -0.137. The maximum Gasteiger partial charge on any atom is 0.418 e. The molecule has 0 fully saturated rings. The fourth-order valence-corrected chi connectivity index (χ4v) is 5.08. The maximum absolute atomic E-state index is 14.0. The van der Waals surface area contributed by atoms with Crippen LogP contribution in [0.3, 0.4) is 0 Å². The lowest BCUT2D eigenvalue weighted by Crippen LogP contribution is -2.35. The van der Waals surface area contributed by atoms with Crippen LogP contribution in [-0.2, 0) is 15.7 Å². The molecule has 1 atom stereocenters. The minimum absolute atomic E-state index is 0.0220. The average molecular weight is 698 g/mol. The van der Waals surface area contributed by atoms with Crippen LogP contribution in [0.2, 0.25) is 10.0 Å². The number of nitrogens with zero attached hydrogens (tertiary/aromatic N) is 2. The minimum atomic E-state index is -4.91. The molecule has 15 heteroatoms. The van der Waals surface area contributed by atoms with Crippen molar-refractivity contribution in [1.29, 1.82) is 0 Å². The van der Waals surface area contributed by atoms with E-state index < -0.39 is 48.1 Å². The predicted molar refractivity (Wildman–Crippen MR) is 177 cm³/mol. The molecular weight excluding hydrogens is 672 g/mol. The van der Waals surface area contributed by atoms with Gasteiger partial charge >= 0.3 is 12.1 Å². The molecule has 48 heavy (non-hydrogen) atoms. The highest BCUT2D eigenvalue weighted by Gasteiger charge is 2.34. The number of alkyl halides is 3. The number of aliphatic imine (C=N–C) groups is 1. The van der Waals surface area contributed by atoms with Crippen molar-refractivity contribution in [3.63, 3.8) is 0 Å². The highest BCUT2D eigenvalue weighted by atomic mass is 35.5. The zero-order valence-electron chi connectivity index (χ0n) is 24.9. The van der Waals surface area contributed by atoms with E-state index >= 15 is 0 Å². The van der Waals surface area contributed by atoms with E-state index in [-0.39, 0.29) is 26.9 Å². The highest BCUT2D eigenvalue weighted by Crippen LogP contribution is 2.37. The average Bonchev–Trinajstić information content (AvgIpc) is 3.05. The number of allylic oxidation sites excluding steroid dienone is 1. The third-order valence-electron chi connectivity index (χ3n) is 6.89. The zero-order valence-corrected chi connectivity index (χ0v) is 26.4. The van der Waals surface area contributed by atoms with Crippen molar-refractivity contribution in [2.24, 2.45) is 4.99 Å². The van der Waals surface area contributed by atoms with E-state index in [1.54, 1.807) is 42.9 Å². The SMILES string of the molecule is Cc1ccc(C(=O)Nc2ccc(NC(=O)COC(=O)c3c(Cl)cccc3Cl)c(C(F)(F)F)c2)cc1NC1N=CC=C(c2cccnc2)N1. The maximum atomic E-state index is 14.0.